The molecular formula is C19H28O3. The van der Waals surface area contributed by atoms with Crippen LogP contribution in [0.4, 0.5) is 0 Å². The molecule has 1 aromatic carbocycles. The van der Waals surface area contributed by atoms with Gasteiger partial charge < -0.3 is 9.47 Å². The standard InChI is InChI=1S/C19H28O3/c1-2-3-4-5-6-7-14-21-18-12-10-17(11-13-18)19(20)22-15-16-8-9-16/h10-13,16H,2-9,14-15H2,1H3. The second-order valence-electron chi connectivity index (χ2n) is 6.18. The Morgan fingerprint density at radius 3 is 2.41 bits per heavy atom. The van der Waals surface area contributed by atoms with Gasteiger partial charge in [-0.3, -0.25) is 0 Å². The molecule has 1 saturated carbocycles. The van der Waals surface area contributed by atoms with Gasteiger partial charge in [0.25, 0.3) is 0 Å². The third-order valence-corrected chi connectivity index (χ3v) is 4.00. The van der Waals surface area contributed by atoms with E-state index in [2.05, 4.69) is 6.92 Å². The third-order valence-electron chi connectivity index (χ3n) is 4.00. The van der Waals surface area contributed by atoms with E-state index in [4.69, 9.17) is 9.47 Å². The molecule has 0 saturated heterocycles. The molecule has 1 aliphatic carbocycles. The van der Waals surface area contributed by atoms with Crippen molar-refractivity contribution in [2.75, 3.05) is 13.2 Å². The largest absolute Gasteiger partial charge is 0.494 e. The maximum absolute atomic E-state index is 11.8. The first kappa shape index (κ1) is 16.9. The van der Waals surface area contributed by atoms with Crippen molar-refractivity contribution in [3.63, 3.8) is 0 Å². The number of carbonyl (C=O) groups is 1. The van der Waals surface area contributed by atoms with Crippen LogP contribution in [0.2, 0.25) is 0 Å². The highest BCUT2D eigenvalue weighted by Gasteiger charge is 2.23. The lowest BCUT2D eigenvalue weighted by molar-refractivity contribution is 0.0486. The van der Waals surface area contributed by atoms with E-state index in [0.717, 1.165) is 18.8 Å². The van der Waals surface area contributed by atoms with Crippen molar-refractivity contribution in [1.29, 1.82) is 0 Å². The van der Waals surface area contributed by atoms with Crippen molar-refractivity contribution in [2.45, 2.75) is 58.3 Å². The minimum absolute atomic E-state index is 0.227. The van der Waals surface area contributed by atoms with Crippen LogP contribution in [0.1, 0.15) is 68.6 Å². The molecule has 1 aliphatic rings. The molecule has 0 spiro atoms. The van der Waals surface area contributed by atoms with Crippen LogP contribution < -0.4 is 4.74 Å². The van der Waals surface area contributed by atoms with Crippen LogP contribution in [0.3, 0.4) is 0 Å². The first-order chi connectivity index (χ1) is 10.8. The highest BCUT2D eigenvalue weighted by molar-refractivity contribution is 5.89. The number of benzene rings is 1. The van der Waals surface area contributed by atoms with Crippen LogP contribution in [0.5, 0.6) is 5.75 Å². The van der Waals surface area contributed by atoms with E-state index in [9.17, 15) is 4.79 Å². The van der Waals surface area contributed by atoms with Crippen molar-refractivity contribution in [3.8, 4) is 5.75 Å². The summed E-state index contributed by atoms with van der Waals surface area (Å²) in [6.07, 6.45) is 9.94. The molecule has 2 rings (SSSR count). The lowest BCUT2D eigenvalue weighted by atomic mass is 10.1. The predicted octanol–water partition coefficient (Wildman–Crippen LogP) is 4.99. The summed E-state index contributed by atoms with van der Waals surface area (Å²) >= 11 is 0. The van der Waals surface area contributed by atoms with Crippen LogP contribution in [0, 0.1) is 5.92 Å². The molecule has 3 nitrogen and oxygen atoms in total. The molecule has 0 bridgehead atoms. The molecule has 0 atom stereocenters. The van der Waals surface area contributed by atoms with Gasteiger partial charge in [0.15, 0.2) is 0 Å². The SMILES string of the molecule is CCCCCCCCOc1ccc(C(=O)OCC2CC2)cc1. The first-order valence-electron chi connectivity index (χ1n) is 8.69. The first-order valence-corrected chi connectivity index (χ1v) is 8.69. The Hall–Kier alpha value is -1.51. The number of ether oxygens (including phenoxy) is 2. The predicted molar refractivity (Wildman–Crippen MR) is 88.3 cm³/mol. The average Bonchev–Trinajstić information content (AvgIpc) is 3.37. The summed E-state index contributed by atoms with van der Waals surface area (Å²) < 4.78 is 11.0. The Balaban J connectivity index is 1.60. The Morgan fingerprint density at radius 2 is 1.73 bits per heavy atom. The fourth-order valence-corrected chi connectivity index (χ4v) is 2.32. The molecule has 0 aromatic heterocycles. The second kappa shape index (κ2) is 9.50. The lowest BCUT2D eigenvalue weighted by Crippen LogP contribution is -2.07. The van der Waals surface area contributed by atoms with Gasteiger partial charge in [-0.25, -0.2) is 4.79 Å². The van der Waals surface area contributed by atoms with Gasteiger partial charge in [-0.2, -0.15) is 0 Å². The Bertz CT molecular complexity index is 434. The molecule has 0 N–H and O–H groups in total. The molecule has 0 heterocycles. The average molecular weight is 304 g/mol. The van der Waals surface area contributed by atoms with Crippen LogP contribution in [-0.2, 0) is 4.74 Å². The summed E-state index contributed by atoms with van der Waals surface area (Å²) in [5.41, 5.74) is 0.604. The Kier molecular flexibility index (Phi) is 7.27. The van der Waals surface area contributed by atoms with Crippen molar-refractivity contribution in [3.05, 3.63) is 29.8 Å². The zero-order valence-corrected chi connectivity index (χ0v) is 13.7. The number of hydrogen-bond acceptors (Lipinski definition) is 3. The highest BCUT2D eigenvalue weighted by atomic mass is 16.5. The molecule has 1 fully saturated rings. The number of unbranched alkanes of at least 4 members (excludes halogenated alkanes) is 5. The summed E-state index contributed by atoms with van der Waals surface area (Å²) in [5.74, 6) is 1.20. The molecule has 0 unspecified atom stereocenters. The van der Waals surface area contributed by atoms with Crippen molar-refractivity contribution >= 4 is 5.97 Å². The van der Waals surface area contributed by atoms with Gasteiger partial charge in [-0.15, -0.1) is 0 Å². The van der Waals surface area contributed by atoms with E-state index in [-0.39, 0.29) is 5.97 Å². The second-order valence-corrected chi connectivity index (χ2v) is 6.18. The molecule has 22 heavy (non-hydrogen) atoms. The number of esters is 1. The van der Waals surface area contributed by atoms with E-state index in [0.29, 0.717) is 18.1 Å². The fraction of sp³-hybridized carbons (Fsp3) is 0.632. The monoisotopic (exact) mass is 304 g/mol. The normalized spacial score (nSPS) is 13.9. The molecule has 0 aliphatic heterocycles. The molecule has 0 amide bonds. The summed E-state index contributed by atoms with van der Waals surface area (Å²) in [6, 6.07) is 7.27. The molecular weight excluding hydrogens is 276 g/mol. The van der Waals surface area contributed by atoms with Crippen LogP contribution in [0.25, 0.3) is 0 Å². The summed E-state index contributed by atoms with van der Waals surface area (Å²) in [4.78, 5) is 11.8. The highest BCUT2D eigenvalue weighted by Crippen LogP contribution is 2.29. The van der Waals surface area contributed by atoms with Crippen molar-refractivity contribution < 1.29 is 14.3 Å². The van der Waals surface area contributed by atoms with Gasteiger partial charge in [-0.1, -0.05) is 39.0 Å². The van der Waals surface area contributed by atoms with Crippen LogP contribution in [0.15, 0.2) is 24.3 Å². The van der Waals surface area contributed by atoms with Crippen molar-refractivity contribution in [2.24, 2.45) is 5.92 Å². The number of carbonyl (C=O) groups excluding carboxylic acids is 1. The van der Waals surface area contributed by atoms with Crippen molar-refractivity contribution in [1.82, 2.24) is 0 Å². The number of hydrogen-bond donors (Lipinski definition) is 0. The Labute approximate surface area is 134 Å². The van der Waals surface area contributed by atoms with E-state index < -0.39 is 0 Å². The quantitative estimate of drug-likeness (QED) is 0.426. The van der Waals surface area contributed by atoms with E-state index >= 15 is 0 Å². The van der Waals surface area contributed by atoms with Crippen LogP contribution >= 0.6 is 0 Å². The Morgan fingerprint density at radius 1 is 1.05 bits per heavy atom. The zero-order chi connectivity index (χ0) is 15.6. The minimum atomic E-state index is -0.227. The molecule has 122 valence electrons. The van der Waals surface area contributed by atoms with E-state index in [1.807, 2.05) is 12.1 Å². The molecule has 1 aromatic rings. The third kappa shape index (κ3) is 6.50. The maximum Gasteiger partial charge on any atom is 0.338 e. The van der Waals surface area contributed by atoms with Gasteiger partial charge in [0.1, 0.15) is 5.75 Å². The van der Waals surface area contributed by atoms with E-state index in [1.165, 1.54) is 44.9 Å². The summed E-state index contributed by atoms with van der Waals surface area (Å²) in [6.45, 7) is 3.54. The van der Waals surface area contributed by atoms with Crippen LogP contribution in [-0.4, -0.2) is 19.2 Å². The smallest absolute Gasteiger partial charge is 0.338 e. The van der Waals surface area contributed by atoms with Gasteiger partial charge in [-0.05, 0) is 49.4 Å². The zero-order valence-electron chi connectivity index (χ0n) is 13.7. The van der Waals surface area contributed by atoms with Gasteiger partial charge in [0, 0.05) is 0 Å². The van der Waals surface area contributed by atoms with E-state index in [1.54, 1.807) is 12.1 Å². The summed E-state index contributed by atoms with van der Waals surface area (Å²) in [5, 5.41) is 0. The molecule has 3 heteroatoms. The van der Waals surface area contributed by atoms with Gasteiger partial charge in [0.2, 0.25) is 0 Å². The maximum atomic E-state index is 11.8. The summed E-state index contributed by atoms with van der Waals surface area (Å²) in [7, 11) is 0. The minimum Gasteiger partial charge on any atom is -0.494 e. The van der Waals surface area contributed by atoms with Gasteiger partial charge >= 0.3 is 5.97 Å². The fourth-order valence-electron chi connectivity index (χ4n) is 2.32. The topological polar surface area (TPSA) is 35.5 Å². The van der Waals surface area contributed by atoms with Gasteiger partial charge in [0.05, 0.1) is 18.8 Å². The number of rotatable bonds is 11. The molecule has 0 radical (unpaired) electrons. The lowest BCUT2D eigenvalue weighted by Gasteiger charge is -2.07.